The Hall–Kier alpha value is -3.48. The number of nitrogens with zero attached hydrogens (tertiary/aromatic N) is 1. The molecule has 0 aliphatic heterocycles. The number of thiazole rings is 1. The van der Waals surface area contributed by atoms with Crippen LogP contribution in [0, 0.1) is 6.92 Å². The molecule has 1 heterocycles. The van der Waals surface area contributed by atoms with Crippen molar-refractivity contribution < 1.29 is 14.3 Å². The van der Waals surface area contributed by atoms with E-state index in [0.29, 0.717) is 22.0 Å². The fourth-order valence-electron chi connectivity index (χ4n) is 3.48. The summed E-state index contributed by atoms with van der Waals surface area (Å²) in [6, 6.07) is 20.5. The van der Waals surface area contributed by atoms with Crippen molar-refractivity contribution in [1.82, 2.24) is 4.98 Å². The fraction of sp³-hybridized carbons (Fsp3) is 0.148. The van der Waals surface area contributed by atoms with Crippen LogP contribution in [0.5, 0.6) is 5.75 Å². The van der Waals surface area contributed by atoms with E-state index in [0.717, 1.165) is 27.4 Å². The predicted octanol–water partition coefficient (Wildman–Crippen LogP) is 7.05. The molecule has 0 unspecified atom stereocenters. The SMILES string of the molecule is COc1ccc(C)cc1C(=O)CCC(=O)Nc1ccc(-c2csc(-c3ccc(Cl)cc3)n2)cc1. The summed E-state index contributed by atoms with van der Waals surface area (Å²) >= 11 is 7.53. The Labute approximate surface area is 207 Å². The van der Waals surface area contributed by atoms with Crippen LogP contribution >= 0.6 is 22.9 Å². The van der Waals surface area contributed by atoms with Crippen LogP contribution in [-0.4, -0.2) is 23.8 Å². The molecule has 1 aromatic heterocycles. The number of halogens is 1. The third kappa shape index (κ3) is 5.71. The van der Waals surface area contributed by atoms with Gasteiger partial charge in [-0.05, 0) is 43.3 Å². The van der Waals surface area contributed by atoms with Gasteiger partial charge in [-0.3, -0.25) is 9.59 Å². The lowest BCUT2D eigenvalue weighted by Crippen LogP contribution is -2.14. The quantitative estimate of drug-likeness (QED) is 0.269. The van der Waals surface area contributed by atoms with E-state index in [1.54, 1.807) is 23.5 Å². The summed E-state index contributed by atoms with van der Waals surface area (Å²) in [6.07, 6.45) is 0.199. The highest BCUT2D eigenvalue weighted by atomic mass is 35.5. The summed E-state index contributed by atoms with van der Waals surface area (Å²) in [4.78, 5) is 29.7. The number of nitrogens with one attached hydrogen (secondary N) is 1. The van der Waals surface area contributed by atoms with Crippen molar-refractivity contribution in [1.29, 1.82) is 0 Å². The van der Waals surface area contributed by atoms with Gasteiger partial charge in [-0.1, -0.05) is 47.5 Å². The molecule has 0 radical (unpaired) electrons. The fourth-order valence-corrected chi connectivity index (χ4v) is 4.44. The number of hydrogen-bond acceptors (Lipinski definition) is 5. The minimum Gasteiger partial charge on any atom is -0.496 e. The molecule has 5 nitrogen and oxygen atoms in total. The van der Waals surface area contributed by atoms with Crippen molar-refractivity contribution in [2.45, 2.75) is 19.8 Å². The number of ether oxygens (including phenoxy) is 1. The van der Waals surface area contributed by atoms with Gasteiger partial charge in [-0.15, -0.1) is 11.3 Å². The first kappa shape index (κ1) is 23.7. The molecule has 4 aromatic rings. The van der Waals surface area contributed by atoms with E-state index in [9.17, 15) is 9.59 Å². The van der Waals surface area contributed by atoms with Crippen LogP contribution in [0.3, 0.4) is 0 Å². The number of Topliss-reactive ketones (excluding diaryl/α,β-unsaturated/α-hetero) is 1. The van der Waals surface area contributed by atoms with Crippen LogP contribution in [-0.2, 0) is 4.79 Å². The second-order valence-electron chi connectivity index (χ2n) is 7.80. The maximum absolute atomic E-state index is 12.6. The normalized spacial score (nSPS) is 10.7. The average molecular weight is 491 g/mol. The monoisotopic (exact) mass is 490 g/mol. The number of aryl methyl sites for hydroxylation is 1. The van der Waals surface area contributed by atoms with Crippen molar-refractivity contribution in [2.24, 2.45) is 0 Å². The number of rotatable bonds is 8. The molecule has 172 valence electrons. The van der Waals surface area contributed by atoms with Crippen molar-refractivity contribution in [3.05, 3.63) is 88.3 Å². The van der Waals surface area contributed by atoms with Crippen molar-refractivity contribution in [3.63, 3.8) is 0 Å². The zero-order chi connectivity index (χ0) is 24.1. The van der Waals surface area contributed by atoms with Crippen molar-refractivity contribution in [3.8, 4) is 27.6 Å². The van der Waals surface area contributed by atoms with Gasteiger partial charge in [0.05, 0.1) is 18.4 Å². The Morgan fingerprint density at radius 2 is 1.68 bits per heavy atom. The van der Waals surface area contributed by atoms with Gasteiger partial charge in [0.2, 0.25) is 5.91 Å². The smallest absolute Gasteiger partial charge is 0.224 e. The van der Waals surface area contributed by atoms with E-state index in [1.807, 2.05) is 66.9 Å². The third-order valence-electron chi connectivity index (χ3n) is 5.29. The molecule has 0 fully saturated rings. The molecule has 3 aromatic carbocycles. The molecule has 7 heteroatoms. The van der Waals surface area contributed by atoms with E-state index >= 15 is 0 Å². The number of benzene rings is 3. The van der Waals surface area contributed by atoms with Crippen LogP contribution < -0.4 is 10.1 Å². The molecule has 0 saturated carbocycles. The first-order chi connectivity index (χ1) is 16.4. The van der Waals surface area contributed by atoms with Crippen molar-refractivity contribution in [2.75, 3.05) is 12.4 Å². The van der Waals surface area contributed by atoms with Gasteiger partial charge in [-0.25, -0.2) is 4.98 Å². The summed E-state index contributed by atoms with van der Waals surface area (Å²) in [7, 11) is 1.53. The number of anilines is 1. The molecule has 4 rings (SSSR count). The topological polar surface area (TPSA) is 68.3 Å². The van der Waals surface area contributed by atoms with E-state index in [1.165, 1.54) is 7.11 Å². The van der Waals surface area contributed by atoms with Gasteiger partial charge < -0.3 is 10.1 Å². The summed E-state index contributed by atoms with van der Waals surface area (Å²) in [5.41, 5.74) is 4.97. The Balaban J connectivity index is 1.35. The zero-order valence-corrected chi connectivity index (χ0v) is 20.4. The van der Waals surface area contributed by atoms with E-state index < -0.39 is 0 Å². The Morgan fingerprint density at radius 3 is 2.38 bits per heavy atom. The van der Waals surface area contributed by atoms with Gasteiger partial charge in [-0.2, -0.15) is 0 Å². The Bertz CT molecular complexity index is 1310. The van der Waals surface area contributed by atoms with Gasteiger partial charge in [0.15, 0.2) is 5.78 Å². The second kappa shape index (κ2) is 10.6. The molecule has 0 saturated heterocycles. The van der Waals surface area contributed by atoms with Gasteiger partial charge in [0.25, 0.3) is 0 Å². The summed E-state index contributed by atoms with van der Waals surface area (Å²) in [5.74, 6) is 0.185. The number of amides is 1. The largest absolute Gasteiger partial charge is 0.496 e. The number of aromatic nitrogens is 1. The first-order valence-electron chi connectivity index (χ1n) is 10.7. The molecule has 34 heavy (non-hydrogen) atoms. The molecular weight excluding hydrogens is 468 g/mol. The zero-order valence-electron chi connectivity index (χ0n) is 18.8. The number of carbonyl (C=O) groups excluding carboxylic acids is 2. The molecule has 0 atom stereocenters. The maximum atomic E-state index is 12.6. The summed E-state index contributed by atoms with van der Waals surface area (Å²) < 4.78 is 5.27. The summed E-state index contributed by atoms with van der Waals surface area (Å²) in [5, 5.41) is 6.46. The van der Waals surface area contributed by atoms with Gasteiger partial charge >= 0.3 is 0 Å². The van der Waals surface area contributed by atoms with Gasteiger partial charge in [0.1, 0.15) is 10.8 Å². The number of carbonyl (C=O) groups is 2. The van der Waals surface area contributed by atoms with Gasteiger partial charge in [0, 0.05) is 40.1 Å². The van der Waals surface area contributed by atoms with Crippen LogP contribution in [0.4, 0.5) is 5.69 Å². The molecule has 1 amide bonds. The molecular formula is C27H23ClN2O3S. The number of methoxy groups -OCH3 is 1. The minimum absolute atomic E-state index is 0.0915. The molecule has 0 aliphatic carbocycles. The van der Waals surface area contributed by atoms with Crippen LogP contribution in [0.1, 0.15) is 28.8 Å². The molecule has 1 N–H and O–H groups in total. The lowest BCUT2D eigenvalue weighted by molar-refractivity contribution is -0.116. The molecule has 0 spiro atoms. The first-order valence-corrected chi connectivity index (χ1v) is 12.0. The lowest BCUT2D eigenvalue weighted by Gasteiger charge is -2.09. The predicted molar refractivity (Wildman–Crippen MR) is 138 cm³/mol. The van der Waals surface area contributed by atoms with E-state index in [2.05, 4.69) is 5.32 Å². The summed E-state index contributed by atoms with van der Waals surface area (Å²) in [6.45, 7) is 1.91. The number of hydrogen-bond donors (Lipinski definition) is 1. The Morgan fingerprint density at radius 1 is 0.971 bits per heavy atom. The standard InChI is InChI=1S/C27H23ClN2O3S/c1-17-3-13-25(33-2)22(15-17)24(31)12-14-26(32)29-21-10-6-18(7-11-21)23-16-34-27(30-23)19-4-8-20(28)9-5-19/h3-11,13,15-16H,12,14H2,1-2H3,(H,29,32). The number of ketones is 1. The van der Waals surface area contributed by atoms with Crippen molar-refractivity contribution >= 4 is 40.3 Å². The molecule has 0 aliphatic rings. The third-order valence-corrected chi connectivity index (χ3v) is 6.44. The lowest BCUT2D eigenvalue weighted by atomic mass is 10.0. The highest BCUT2D eigenvalue weighted by Crippen LogP contribution is 2.30. The molecule has 0 bridgehead atoms. The average Bonchev–Trinajstić information content (AvgIpc) is 3.34. The van der Waals surface area contributed by atoms with E-state index in [4.69, 9.17) is 21.3 Å². The second-order valence-corrected chi connectivity index (χ2v) is 9.09. The van der Waals surface area contributed by atoms with E-state index in [-0.39, 0.29) is 24.5 Å². The van der Waals surface area contributed by atoms with Crippen LogP contribution in [0.2, 0.25) is 5.02 Å². The van der Waals surface area contributed by atoms with Crippen LogP contribution in [0.15, 0.2) is 72.1 Å². The minimum atomic E-state index is -0.216. The Kier molecular flexibility index (Phi) is 7.40. The highest BCUT2D eigenvalue weighted by molar-refractivity contribution is 7.13. The highest BCUT2D eigenvalue weighted by Gasteiger charge is 2.15. The maximum Gasteiger partial charge on any atom is 0.224 e. The van der Waals surface area contributed by atoms with Crippen LogP contribution in [0.25, 0.3) is 21.8 Å².